The number of aliphatic carboxylic acids is 1. The Morgan fingerprint density at radius 3 is 2.78 bits per heavy atom. The van der Waals surface area contributed by atoms with Crippen molar-refractivity contribution in [3.63, 3.8) is 0 Å². The number of urea groups is 1. The number of carboxylic acid groups (broad SMARTS) is 1. The quantitative estimate of drug-likeness (QED) is 0.786. The van der Waals surface area contributed by atoms with Crippen LogP contribution in [0.3, 0.4) is 0 Å². The van der Waals surface area contributed by atoms with Crippen LogP contribution in [0, 0.1) is 5.92 Å². The minimum atomic E-state index is -1.08. The zero-order valence-electron chi connectivity index (χ0n) is 11.0. The second-order valence-corrected chi connectivity index (χ2v) is 4.82. The number of carbonyl (C=O) groups is 2. The first-order chi connectivity index (χ1) is 8.54. The van der Waals surface area contributed by atoms with Crippen molar-refractivity contribution in [2.75, 3.05) is 26.8 Å². The lowest BCUT2D eigenvalue weighted by atomic mass is 10.0. The maximum Gasteiger partial charge on any atom is 0.328 e. The third-order valence-electron chi connectivity index (χ3n) is 3.23. The summed E-state index contributed by atoms with van der Waals surface area (Å²) in [6, 6.07) is -1.29. The van der Waals surface area contributed by atoms with Gasteiger partial charge in [0.2, 0.25) is 0 Å². The van der Waals surface area contributed by atoms with Gasteiger partial charge >= 0.3 is 12.0 Å². The number of likely N-dealkylation sites (tertiary alicyclic amines) is 1. The molecule has 1 heterocycles. The minimum absolute atomic E-state index is 0.0225. The summed E-state index contributed by atoms with van der Waals surface area (Å²) in [6.45, 7) is 3.53. The Labute approximate surface area is 107 Å². The summed E-state index contributed by atoms with van der Waals surface area (Å²) < 4.78 is 4.78. The Kier molecular flexibility index (Phi) is 5.91. The van der Waals surface area contributed by atoms with E-state index in [9.17, 15) is 9.59 Å². The van der Waals surface area contributed by atoms with Gasteiger partial charge in [0.05, 0.1) is 6.61 Å². The van der Waals surface area contributed by atoms with Gasteiger partial charge < -0.3 is 20.1 Å². The third kappa shape index (κ3) is 4.52. The van der Waals surface area contributed by atoms with E-state index in [0.717, 1.165) is 19.3 Å². The molecule has 1 saturated heterocycles. The SMILES string of the molecule is COCC(NC(=O)N1CCCC(C)CC1)C(=O)O. The van der Waals surface area contributed by atoms with Crippen LogP contribution in [-0.4, -0.2) is 54.9 Å². The molecule has 0 saturated carbocycles. The number of rotatable bonds is 4. The number of carboxylic acids is 1. The zero-order chi connectivity index (χ0) is 13.5. The van der Waals surface area contributed by atoms with Crippen molar-refractivity contribution in [2.24, 2.45) is 5.92 Å². The largest absolute Gasteiger partial charge is 0.480 e. The van der Waals surface area contributed by atoms with Gasteiger partial charge in [-0.25, -0.2) is 9.59 Å². The molecule has 0 bridgehead atoms. The molecule has 2 N–H and O–H groups in total. The molecule has 104 valence electrons. The van der Waals surface area contributed by atoms with Crippen LogP contribution in [0.2, 0.25) is 0 Å². The number of carbonyl (C=O) groups excluding carboxylic acids is 1. The van der Waals surface area contributed by atoms with Gasteiger partial charge in [0, 0.05) is 20.2 Å². The average molecular weight is 258 g/mol. The number of hydrogen-bond donors (Lipinski definition) is 2. The molecule has 6 heteroatoms. The predicted molar refractivity (Wildman–Crippen MR) is 66.4 cm³/mol. The Bertz CT molecular complexity index is 296. The van der Waals surface area contributed by atoms with Crippen molar-refractivity contribution in [1.82, 2.24) is 10.2 Å². The first kappa shape index (κ1) is 14.8. The van der Waals surface area contributed by atoms with Crippen LogP contribution in [0.1, 0.15) is 26.2 Å². The monoisotopic (exact) mass is 258 g/mol. The molecule has 2 atom stereocenters. The van der Waals surface area contributed by atoms with Crippen LogP contribution in [0.15, 0.2) is 0 Å². The molecule has 1 aliphatic heterocycles. The molecule has 0 aromatic heterocycles. The Balaban J connectivity index is 2.49. The molecule has 6 nitrogen and oxygen atoms in total. The summed E-state index contributed by atoms with van der Waals surface area (Å²) in [5, 5.41) is 11.4. The zero-order valence-corrected chi connectivity index (χ0v) is 11.0. The van der Waals surface area contributed by atoms with Gasteiger partial charge in [0.1, 0.15) is 0 Å². The second kappa shape index (κ2) is 7.20. The molecular weight excluding hydrogens is 236 g/mol. The maximum absolute atomic E-state index is 11.9. The highest BCUT2D eigenvalue weighted by Gasteiger charge is 2.24. The van der Waals surface area contributed by atoms with E-state index < -0.39 is 12.0 Å². The van der Waals surface area contributed by atoms with E-state index in [2.05, 4.69) is 12.2 Å². The van der Waals surface area contributed by atoms with Crippen LogP contribution < -0.4 is 5.32 Å². The Hall–Kier alpha value is -1.30. The summed E-state index contributed by atoms with van der Waals surface area (Å²) in [7, 11) is 1.41. The highest BCUT2D eigenvalue weighted by molar-refractivity contribution is 5.82. The van der Waals surface area contributed by atoms with Gasteiger partial charge in [0.15, 0.2) is 6.04 Å². The first-order valence-corrected chi connectivity index (χ1v) is 6.31. The average Bonchev–Trinajstić information content (AvgIpc) is 2.53. The van der Waals surface area contributed by atoms with Crippen LogP contribution >= 0.6 is 0 Å². The molecule has 0 radical (unpaired) electrons. The summed E-state index contributed by atoms with van der Waals surface area (Å²) in [6.07, 6.45) is 3.05. The number of methoxy groups -OCH3 is 1. The fourth-order valence-corrected chi connectivity index (χ4v) is 2.05. The number of nitrogens with one attached hydrogen (secondary N) is 1. The van der Waals surface area contributed by atoms with Crippen molar-refractivity contribution in [3.05, 3.63) is 0 Å². The van der Waals surface area contributed by atoms with Gasteiger partial charge in [-0.05, 0) is 25.2 Å². The Morgan fingerprint density at radius 2 is 2.17 bits per heavy atom. The summed E-state index contributed by atoms with van der Waals surface area (Å²) in [5.74, 6) is -0.453. The molecule has 1 aliphatic rings. The van der Waals surface area contributed by atoms with Gasteiger partial charge in [-0.3, -0.25) is 0 Å². The van der Waals surface area contributed by atoms with Crippen molar-refractivity contribution in [2.45, 2.75) is 32.2 Å². The van der Waals surface area contributed by atoms with Crippen LogP contribution in [0.5, 0.6) is 0 Å². The molecule has 1 fully saturated rings. The fourth-order valence-electron chi connectivity index (χ4n) is 2.05. The summed E-state index contributed by atoms with van der Waals surface area (Å²) in [4.78, 5) is 24.5. The van der Waals surface area contributed by atoms with Crippen LogP contribution in [0.25, 0.3) is 0 Å². The standard InChI is InChI=1S/C12H22N2O4/c1-9-4-3-6-14(7-5-9)12(17)13-10(8-18-2)11(15)16/h9-10H,3-8H2,1-2H3,(H,13,17)(H,15,16). The van der Waals surface area contributed by atoms with Crippen molar-refractivity contribution < 1.29 is 19.4 Å². The molecule has 2 amide bonds. The number of amides is 2. The number of ether oxygens (including phenoxy) is 1. The second-order valence-electron chi connectivity index (χ2n) is 4.82. The lowest BCUT2D eigenvalue weighted by molar-refractivity contribution is -0.140. The predicted octanol–water partition coefficient (Wildman–Crippen LogP) is 0.918. The summed E-state index contributed by atoms with van der Waals surface area (Å²) in [5.41, 5.74) is 0. The molecular formula is C12H22N2O4. The van der Waals surface area contributed by atoms with E-state index >= 15 is 0 Å². The van der Waals surface area contributed by atoms with Crippen molar-refractivity contribution in [3.8, 4) is 0 Å². The van der Waals surface area contributed by atoms with Crippen molar-refractivity contribution in [1.29, 1.82) is 0 Å². The molecule has 0 aliphatic carbocycles. The maximum atomic E-state index is 11.9. The normalized spacial score (nSPS) is 22.1. The molecule has 2 unspecified atom stereocenters. The molecule has 18 heavy (non-hydrogen) atoms. The van der Waals surface area contributed by atoms with Gasteiger partial charge in [-0.1, -0.05) is 6.92 Å². The van der Waals surface area contributed by atoms with E-state index in [-0.39, 0.29) is 12.6 Å². The van der Waals surface area contributed by atoms with Gasteiger partial charge in [0.25, 0.3) is 0 Å². The van der Waals surface area contributed by atoms with E-state index in [0.29, 0.717) is 19.0 Å². The van der Waals surface area contributed by atoms with Gasteiger partial charge in [-0.15, -0.1) is 0 Å². The number of nitrogens with zero attached hydrogens (tertiary/aromatic N) is 1. The minimum Gasteiger partial charge on any atom is -0.480 e. The molecule has 0 spiro atoms. The van der Waals surface area contributed by atoms with Crippen LogP contribution in [-0.2, 0) is 9.53 Å². The molecule has 0 aromatic carbocycles. The van der Waals surface area contributed by atoms with Crippen molar-refractivity contribution >= 4 is 12.0 Å². The Morgan fingerprint density at radius 1 is 1.44 bits per heavy atom. The van der Waals surface area contributed by atoms with E-state index in [4.69, 9.17) is 9.84 Å². The van der Waals surface area contributed by atoms with E-state index in [1.54, 1.807) is 4.90 Å². The topological polar surface area (TPSA) is 78.9 Å². The highest BCUT2D eigenvalue weighted by Crippen LogP contribution is 2.16. The van der Waals surface area contributed by atoms with E-state index in [1.807, 2.05) is 0 Å². The lowest BCUT2D eigenvalue weighted by Gasteiger charge is -2.23. The third-order valence-corrected chi connectivity index (χ3v) is 3.23. The first-order valence-electron chi connectivity index (χ1n) is 6.31. The van der Waals surface area contributed by atoms with E-state index in [1.165, 1.54) is 7.11 Å². The highest BCUT2D eigenvalue weighted by atomic mass is 16.5. The lowest BCUT2D eigenvalue weighted by Crippen LogP contribution is -2.50. The van der Waals surface area contributed by atoms with Gasteiger partial charge in [-0.2, -0.15) is 0 Å². The fraction of sp³-hybridized carbons (Fsp3) is 0.833. The summed E-state index contributed by atoms with van der Waals surface area (Å²) >= 11 is 0. The van der Waals surface area contributed by atoms with Crippen LogP contribution in [0.4, 0.5) is 4.79 Å². The molecule has 0 aromatic rings. The molecule has 1 rings (SSSR count). The smallest absolute Gasteiger partial charge is 0.328 e. The number of hydrogen-bond acceptors (Lipinski definition) is 3.